The lowest BCUT2D eigenvalue weighted by Gasteiger charge is -2.29. The van der Waals surface area contributed by atoms with Crippen molar-refractivity contribution in [2.45, 2.75) is 17.9 Å². The molecule has 0 bridgehead atoms. The highest BCUT2D eigenvalue weighted by Gasteiger charge is 2.24. The van der Waals surface area contributed by atoms with Gasteiger partial charge in [0, 0.05) is 13.1 Å². The smallest absolute Gasteiger partial charge is 0.263 e. The molecule has 0 saturated carbocycles. The summed E-state index contributed by atoms with van der Waals surface area (Å²) in [5.74, 6) is -0.311. The van der Waals surface area contributed by atoms with Gasteiger partial charge in [-0.2, -0.15) is 0 Å². The number of nitrogens with one attached hydrogen (secondary N) is 1. The molecule has 2 aromatic rings. The van der Waals surface area contributed by atoms with Crippen molar-refractivity contribution in [3.05, 3.63) is 54.3 Å². The van der Waals surface area contributed by atoms with Crippen molar-refractivity contribution in [1.82, 2.24) is 4.90 Å². The lowest BCUT2D eigenvalue weighted by molar-refractivity contribution is -0.142. The molecule has 7 nitrogen and oxygen atoms in total. The number of hydrogen-bond acceptors (Lipinski definition) is 5. The zero-order valence-corrected chi connectivity index (χ0v) is 16.1. The first-order valence-electron chi connectivity index (χ1n) is 8.77. The van der Waals surface area contributed by atoms with Crippen LogP contribution in [0.15, 0.2) is 53.4 Å². The van der Waals surface area contributed by atoms with Gasteiger partial charge in [-0.3, -0.25) is 9.52 Å². The maximum atomic E-state index is 13.2. The minimum absolute atomic E-state index is 0.00345. The summed E-state index contributed by atoms with van der Waals surface area (Å²) in [5.41, 5.74) is 0.130. The molecule has 3 rings (SSSR count). The SMILES string of the molecule is C[C@H](Oc1ccc(S(=O)(=O)Nc2cccc(F)c2)cc1)C(=O)N1CCOCC1. The molecule has 1 aliphatic heterocycles. The van der Waals surface area contributed by atoms with E-state index >= 15 is 0 Å². The van der Waals surface area contributed by atoms with E-state index in [2.05, 4.69) is 4.72 Å². The molecular weight excluding hydrogens is 387 g/mol. The number of sulfonamides is 1. The average molecular weight is 408 g/mol. The van der Waals surface area contributed by atoms with Gasteiger partial charge in [0.25, 0.3) is 15.9 Å². The highest BCUT2D eigenvalue weighted by Crippen LogP contribution is 2.21. The molecule has 0 aliphatic carbocycles. The number of morpholine rings is 1. The number of rotatable bonds is 6. The summed E-state index contributed by atoms with van der Waals surface area (Å²) in [5, 5.41) is 0. The van der Waals surface area contributed by atoms with Crippen LogP contribution in [0.2, 0.25) is 0 Å². The summed E-state index contributed by atoms with van der Waals surface area (Å²) in [7, 11) is -3.87. The summed E-state index contributed by atoms with van der Waals surface area (Å²) >= 11 is 0. The first kappa shape index (κ1) is 20.1. The molecule has 150 valence electrons. The van der Waals surface area contributed by atoms with Crippen molar-refractivity contribution in [2.24, 2.45) is 0 Å². The van der Waals surface area contributed by atoms with Crippen LogP contribution >= 0.6 is 0 Å². The second kappa shape index (κ2) is 8.57. The zero-order chi connectivity index (χ0) is 20.1. The molecule has 0 spiro atoms. The van der Waals surface area contributed by atoms with Gasteiger partial charge in [-0.15, -0.1) is 0 Å². The van der Waals surface area contributed by atoms with Gasteiger partial charge >= 0.3 is 0 Å². The fourth-order valence-corrected chi connectivity index (χ4v) is 3.81. The van der Waals surface area contributed by atoms with Gasteiger partial charge < -0.3 is 14.4 Å². The van der Waals surface area contributed by atoms with Crippen LogP contribution in [-0.4, -0.2) is 51.6 Å². The summed E-state index contributed by atoms with van der Waals surface area (Å²) in [6.07, 6.45) is -0.703. The fourth-order valence-electron chi connectivity index (χ4n) is 2.76. The lowest BCUT2D eigenvalue weighted by Crippen LogP contribution is -2.46. The Labute approximate surface area is 163 Å². The molecule has 1 atom stereocenters. The maximum absolute atomic E-state index is 13.2. The Morgan fingerprint density at radius 1 is 1.18 bits per heavy atom. The van der Waals surface area contributed by atoms with Gasteiger partial charge in [0.15, 0.2) is 6.10 Å². The topological polar surface area (TPSA) is 84.9 Å². The molecule has 0 unspecified atom stereocenters. The molecular formula is C19H21FN2O5S. The van der Waals surface area contributed by atoms with E-state index in [1.54, 1.807) is 11.8 Å². The largest absolute Gasteiger partial charge is 0.481 e. The van der Waals surface area contributed by atoms with Crippen LogP contribution in [0.4, 0.5) is 10.1 Å². The Kier molecular flexibility index (Phi) is 6.15. The molecule has 1 aliphatic rings. The second-order valence-electron chi connectivity index (χ2n) is 6.28. The monoisotopic (exact) mass is 408 g/mol. The molecule has 2 aromatic carbocycles. The summed E-state index contributed by atoms with van der Waals surface area (Å²) in [6, 6.07) is 10.9. The number of amides is 1. The van der Waals surface area contributed by atoms with E-state index in [1.165, 1.54) is 42.5 Å². The van der Waals surface area contributed by atoms with Crippen molar-refractivity contribution in [3.63, 3.8) is 0 Å². The standard InChI is InChI=1S/C19H21FN2O5S/c1-14(19(23)22-9-11-26-12-10-22)27-17-5-7-18(8-6-17)28(24,25)21-16-4-2-3-15(20)13-16/h2-8,13-14,21H,9-12H2,1H3/t14-/m0/s1. The highest BCUT2D eigenvalue weighted by atomic mass is 32.2. The normalized spacial score (nSPS) is 15.7. The number of ether oxygens (including phenoxy) is 2. The molecule has 28 heavy (non-hydrogen) atoms. The number of hydrogen-bond donors (Lipinski definition) is 1. The third kappa shape index (κ3) is 4.99. The van der Waals surface area contributed by atoms with Crippen molar-refractivity contribution >= 4 is 21.6 Å². The fraction of sp³-hybridized carbons (Fsp3) is 0.316. The van der Waals surface area contributed by atoms with E-state index in [1.807, 2.05) is 0 Å². The number of benzene rings is 2. The highest BCUT2D eigenvalue weighted by molar-refractivity contribution is 7.92. The minimum Gasteiger partial charge on any atom is -0.481 e. The van der Waals surface area contributed by atoms with Crippen LogP contribution in [0.25, 0.3) is 0 Å². The van der Waals surface area contributed by atoms with E-state index < -0.39 is 21.9 Å². The summed E-state index contributed by atoms with van der Waals surface area (Å²) in [6.45, 7) is 3.70. The number of carbonyl (C=O) groups excluding carboxylic acids is 1. The Morgan fingerprint density at radius 2 is 1.86 bits per heavy atom. The van der Waals surface area contributed by atoms with Gasteiger partial charge in [0.1, 0.15) is 11.6 Å². The van der Waals surface area contributed by atoms with E-state index in [0.29, 0.717) is 32.1 Å². The van der Waals surface area contributed by atoms with Crippen LogP contribution in [0, 0.1) is 5.82 Å². The molecule has 1 fully saturated rings. The van der Waals surface area contributed by atoms with Crippen molar-refractivity contribution < 1.29 is 27.1 Å². The third-order valence-electron chi connectivity index (χ3n) is 4.19. The van der Waals surface area contributed by atoms with Crippen molar-refractivity contribution in [3.8, 4) is 5.75 Å². The predicted molar refractivity (Wildman–Crippen MR) is 101 cm³/mol. The maximum Gasteiger partial charge on any atom is 0.263 e. The van der Waals surface area contributed by atoms with E-state index in [-0.39, 0.29) is 16.5 Å². The van der Waals surface area contributed by atoms with Crippen molar-refractivity contribution in [1.29, 1.82) is 0 Å². The molecule has 9 heteroatoms. The quantitative estimate of drug-likeness (QED) is 0.793. The molecule has 1 heterocycles. The molecule has 1 amide bonds. The van der Waals surface area contributed by atoms with Gasteiger partial charge in [0.2, 0.25) is 0 Å². The first-order valence-corrected chi connectivity index (χ1v) is 10.2. The van der Waals surface area contributed by atoms with Gasteiger partial charge in [-0.1, -0.05) is 6.07 Å². The predicted octanol–water partition coefficient (Wildman–Crippen LogP) is 2.25. The number of anilines is 1. The zero-order valence-electron chi connectivity index (χ0n) is 15.3. The van der Waals surface area contributed by atoms with Crippen LogP contribution in [-0.2, 0) is 19.6 Å². The Balaban J connectivity index is 1.64. The number of nitrogens with zero attached hydrogens (tertiary/aromatic N) is 1. The second-order valence-corrected chi connectivity index (χ2v) is 7.97. The molecule has 1 N–H and O–H groups in total. The van der Waals surface area contributed by atoms with Crippen LogP contribution in [0.3, 0.4) is 0 Å². The van der Waals surface area contributed by atoms with Crippen LogP contribution in [0.5, 0.6) is 5.75 Å². The Morgan fingerprint density at radius 3 is 2.50 bits per heavy atom. The Hall–Kier alpha value is -2.65. The van der Waals surface area contributed by atoms with Gasteiger partial charge in [0.05, 0.1) is 23.8 Å². The third-order valence-corrected chi connectivity index (χ3v) is 5.59. The summed E-state index contributed by atoms with van der Waals surface area (Å²) < 4.78 is 51.2. The lowest BCUT2D eigenvalue weighted by atomic mass is 10.3. The minimum atomic E-state index is -3.87. The Bertz CT molecular complexity index is 928. The molecule has 0 radical (unpaired) electrons. The molecule has 0 aromatic heterocycles. The van der Waals surface area contributed by atoms with Gasteiger partial charge in [-0.05, 0) is 49.4 Å². The van der Waals surface area contributed by atoms with Gasteiger partial charge in [-0.25, -0.2) is 12.8 Å². The van der Waals surface area contributed by atoms with E-state index in [9.17, 15) is 17.6 Å². The molecule has 1 saturated heterocycles. The first-order chi connectivity index (χ1) is 13.3. The number of halogens is 1. The average Bonchev–Trinajstić information content (AvgIpc) is 2.68. The number of carbonyl (C=O) groups is 1. The van der Waals surface area contributed by atoms with Crippen LogP contribution < -0.4 is 9.46 Å². The van der Waals surface area contributed by atoms with E-state index in [4.69, 9.17) is 9.47 Å². The summed E-state index contributed by atoms with van der Waals surface area (Å²) in [4.78, 5) is 14.0. The van der Waals surface area contributed by atoms with Crippen molar-refractivity contribution in [2.75, 3.05) is 31.0 Å². The van der Waals surface area contributed by atoms with Crippen LogP contribution in [0.1, 0.15) is 6.92 Å². The van der Waals surface area contributed by atoms with E-state index in [0.717, 1.165) is 6.07 Å².